The largest absolute Gasteiger partial charge is 0.508 e. The van der Waals surface area contributed by atoms with Crippen molar-refractivity contribution in [1.29, 1.82) is 0 Å². The van der Waals surface area contributed by atoms with Crippen molar-refractivity contribution < 1.29 is 5.11 Å². The molecule has 0 aliphatic carbocycles. The van der Waals surface area contributed by atoms with Gasteiger partial charge in [0.05, 0.1) is 5.88 Å². The number of phenols is 1. The van der Waals surface area contributed by atoms with E-state index in [-0.39, 0.29) is 5.75 Å². The maximum absolute atomic E-state index is 9.21. The number of alkyl halides is 1. The van der Waals surface area contributed by atoms with Crippen LogP contribution in [-0.2, 0) is 5.88 Å². The Kier molecular flexibility index (Phi) is 2.17. The number of aryl methyl sites for hydroxylation is 1. The zero-order valence-electron chi connectivity index (χ0n) is 5.76. The molecule has 0 atom stereocenters. The monoisotopic (exact) mass is 156 g/mol. The van der Waals surface area contributed by atoms with Crippen molar-refractivity contribution in [2.45, 2.75) is 12.8 Å². The molecule has 0 spiro atoms. The van der Waals surface area contributed by atoms with Crippen LogP contribution >= 0.6 is 11.6 Å². The second-order valence-corrected chi connectivity index (χ2v) is 2.47. The van der Waals surface area contributed by atoms with E-state index in [2.05, 4.69) is 0 Å². The maximum Gasteiger partial charge on any atom is 0.120 e. The van der Waals surface area contributed by atoms with E-state index in [1.807, 2.05) is 13.0 Å². The normalized spacial score (nSPS) is 9.80. The molecule has 0 aliphatic rings. The molecule has 1 N–H and O–H groups in total. The fraction of sp³-hybridized carbons (Fsp3) is 0.250. The molecule has 0 aromatic heterocycles. The van der Waals surface area contributed by atoms with Gasteiger partial charge < -0.3 is 5.11 Å². The van der Waals surface area contributed by atoms with Crippen LogP contribution in [0.1, 0.15) is 11.1 Å². The molecule has 0 radical (unpaired) electrons. The van der Waals surface area contributed by atoms with Gasteiger partial charge in [0.25, 0.3) is 0 Å². The SMILES string of the molecule is Cc1cccc(O)c1CCl. The van der Waals surface area contributed by atoms with Crippen molar-refractivity contribution >= 4 is 11.6 Å². The second kappa shape index (κ2) is 2.93. The highest BCUT2D eigenvalue weighted by Crippen LogP contribution is 2.21. The Bertz CT molecular complexity index is 212. The summed E-state index contributed by atoms with van der Waals surface area (Å²) in [5.74, 6) is 0.661. The van der Waals surface area contributed by atoms with E-state index in [0.29, 0.717) is 5.88 Å². The van der Waals surface area contributed by atoms with E-state index in [1.165, 1.54) is 0 Å². The van der Waals surface area contributed by atoms with Gasteiger partial charge in [-0.3, -0.25) is 0 Å². The van der Waals surface area contributed by atoms with Gasteiger partial charge in [0.15, 0.2) is 0 Å². The molecule has 0 aliphatic heterocycles. The lowest BCUT2D eigenvalue weighted by Gasteiger charge is -2.02. The van der Waals surface area contributed by atoms with Crippen molar-refractivity contribution in [3.05, 3.63) is 29.3 Å². The molecule has 0 unspecified atom stereocenters. The van der Waals surface area contributed by atoms with Gasteiger partial charge in [-0.05, 0) is 18.6 Å². The van der Waals surface area contributed by atoms with E-state index in [1.54, 1.807) is 12.1 Å². The fourth-order valence-corrected chi connectivity index (χ4v) is 1.21. The molecule has 1 aromatic carbocycles. The molecule has 0 amide bonds. The zero-order chi connectivity index (χ0) is 7.56. The van der Waals surface area contributed by atoms with Gasteiger partial charge in [0.1, 0.15) is 5.75 Å². The molecule has 0 heterocycles. The summed E-state index contributed by atoms with van der Waals surface area (Å²) in [7, 11) is 0. The minimum absolute atomic E-state index is 0.287. The summed E-state index contributed by atoms with van der Waals surface area (Å²) in [4.78, 5) is 0. The van der Waals surface area contributed by atoms with Crippen LogP contribution in [0.3, 0.4) is 0 Å². The Morgan fingerprint density at radius 1 is 1.50 bits per heavy atom. The van der Waals surface area contributed by atoms with E-state index in [9.17, 15) is 5.11 Å². The molecule has 0 fully saturated rings. The van der Waals surface area contributed by atoms with Gasteiger partial charge in [0.2, 0.25) is 0 Å². The summed E-state index contributed by atoms with van der Waals surface area (Å²) < 4.78 is 0. The standard InChI is InChI=1S/C8H9ClO/c1-6-3-2-4-8(10)7(6)5-9/h2-4,10H,5H2,1H3. The first-order chi connectivity index (χ1) is 4.75. The Balaban J connectivity index is 3.17. The molecule has 1 nitrogen and oxygen atoms in total. The molecular formula is C8H9ClO. The average Bonchev–Trinajstić information content (AvgIpc) is 1.88. The summed E-state index contributed by atoms with van der Waals surface area (Å²) >= 11 is 5.58. The number of benzene rings is 1. The third-order valence-corrected chi connectivity index (χ3v) is 1.79. The van der Waals surface area contributed by atoms with Crippen LogP contribution in [0.2, 0.25) is 0 Å². The van der Waals surface area contributed by atoms with Gasteiger partial charge in [-0.2, -0.15) is 0 Å². The molecule has 2 heteroatoms. The molecule has 54 valence electrons. The van der Waals surface area contributed by atoms with Crippen LogP contribution in [-0.4, -0.2) is 5.11 Å². The zero-order valence-corrected chi connectivity index (χ0v) is 6.52. The Morgan fingerprint density at radius 2 is 2.20 bits per heavy atom. The highest BCUT2D eigenvalue weighted by Gasteiger charge is 2.00. The van der Waals surface area contributed by atoms with E-state index in [4.69, 9.17) is 11.6 Å². The van der Waals surface area contributed by atoms with Crippen LogP contribution in [0, 0.1) is 6.92 Å². The number of halogens is 1. The number of phenolic OH excluding ortho intramolecular Hbond substituents is 1. The third kappa shape index (κ3) is 1.24. The molecule has 1 aromatic rings. The summed E-state index contributed by atoms with van der Waals surface area (Å²) in [6.07, 6.45) is 0. The van der Waals surface area contributed by atoms with E-state index >= 15 is 0 Å². The first-order valence-corrected chi connectivity index (χ1v) is 3.62. The summed E-state index contributed by atoms with van der Waals surface area (Å²) in [5, 5.41) is 9.21. The van der Waals surface area contributed by atoms with Crippen LogP contribution < -0.4 is 0 Å². The Morgan fingerprint density at radius 3 is 2.60 bits per heavy atom. The fourth-order valence-electron chi connectivity index (χ4n) is 0.861. The average molecular weight is 157 g/mol. The predicted molar refractivity (Wildman–Crippen MR) is 42.4 cm³/mol. The van der Waals surface area contributed by atoms with Gasteiger partial charge in [-0.1, -0.05) is 12.1 Å². The Hall–Kier alpha value is -0.690. The van der Waals surface area contributed by atoms with Crippen LogP contribution in [0.25, 0.3) is 0 Å². The van der Waals surface area contributed by atoms with E-state index in [0.717, 1.165) is 11.1 Å². The molecule has 0 bridgehead atoms. The molecular weight excluding hydrogens is 148 g/mol. The number of aromatic hydroxyl groups is 1. The number of hydrogen-bond donors (Lipinski definition) is 1. The smallest absolute Gasteiger partial charge is 0.120 e. The minimum atomic E-state index is 0.287. The molecule has 0 saturated heterocycles. The molecule has 0 saturated carbocycles. The second-order valence-electron chi connectivity index (χ2n) is 2.21. The summed E-state index contributed by atoms with van der Waals surface area (Å²) in [6.45, 7) is 1.93. The van der Waals surface area contributed by atoms with Gasteiger partial charge in [-0.15, -0.1) is 11.6 Å². The summed E-state index contributed by atoms with van der Waals surface area (Å²) in [5.41, 5.74) is 1.86. The lowest BCUT2D eigenvalue weighted by molar-refractivity contribution is 0.470. The number of hydrogen-bond acceptors (Lipinski definition) is 1. The van der Waals surface area contributed by atoms with E-state index < -0.39 is 0 Å². The lowest BCUT2D eigenvalue weighted by atomic mass is 10.1. The van der Waals surface area contributed by atoms with Gasteiger partial charge in [0, 0.05) is 5.56 Å². The van der Waals surface area contributed by atoms with Crippen LogP contribution in [0.4, 0.5) is 0 Å². The van der Waals surface area contributed by atoms with Gasteiger partial charge >= 0.3 is 0 Å². The molecule has 10 heavy (non-hydrogen) atoms. The van der Waals surface area contributed by atoms with Crippen molar-refractivity contribution in [3.8, 4) is 5.75 Å². The minimum Gasteiger partial charge on any atom is -0.508 e. The van der Waals surface area contributed by atoms with Crippen LogP contribution in [0.5, 0.6) is 5.75 Å². The lowest BCUT2D eigenvalue weighted by Crippen LogP contribution is -1.83. The third-order valence-electron chi connectivity index (χ3n) is 1.52. The highest BCUT2D eigenvalue weighted by molar-refractivity contribution is 6.17. The topological polar surface area (TPSA) is 20.2 Å². The van der Waals surface area contributed by atoms with Crippen molar-refractivity contribution in [2.75, 3.05) is 0 Å². The molecule has 1 rings (SSSR count). The van der Waals surface area contributed by atoms with Crippen molar-refractivity contribution in [1.82, 2.24) is 0 Å². The first kappa shape index (κ1) is 7.42. The predicted octanol–water partition coefficient (Wildman–Crippen LogP) is 2.44. The quantitative estimate of drug-likeness (QED) is 0.620. The maximum atomic E-state index is 9.21. The highest BCUT2D eigenvalue weighted by atomic mass is 35.5. The van der Waals surface area contributed by atoms with Crippen LogP contribution in [0.15, 0.2) is 18.2 Å². The first-order valence-electron chi connectivity index (χ1n) is 3.09. The van der Waals surface area contributed by atoms with Crippen molar-refractivity contribution in [3.63, 3.8) is 0 Å². The Labute approximate surface area is 65.3 Å². The van der Waals surface area contributed by atoms with Crippen molar-refractivity contribution in [2.24, 2.45) is 0 Å². The number of rotatable bonds is 1. The van der Waals surface area contributed by atoms with Gasteiger partial charge in [-0.25, -0.2) is 0 Å². The summed E-state index contributed by atoms with van der Waals surface area (Å²) in [6, 6.07) is 5.38.